The van der Waals surface area contributed by atoms with Gasteiger partial charge in [-0.05, 0) is 24.5 Å². The lowest BCUT2D eigenvalue weighted by Crippen LogP contribution is -2.38. The number of hydrogen-bond acceptors (Lipinski definition) is 4. The number of aromatic nitrogens is 2. The summed E-state index contributed by atoms with van der Waals surface area (Å²) in [7, 11) is 0. The minimum Gasteiger partial charge on any atom is -0.376 e. The highest BCUT2D eigenvalue weighted by molar-refractivity contribution is 5.94. The minimum absolute atomic E-state index is 0.000403. The topological polar surface area (TPSA) is 87.3 Å². The Hall–Kier alpha value is -2.74. The van der Waals surface area contributed by atoms with Crippen LogP contribution in [0.3, 0.4) is 0 Å². The predicted octanol–water partition coefficient (Wildman–Crippen LogP) is 1.58. The summed E-state index contributed by atoms with van der Waals surface area (Å²) in [5.41, 5.74) is 2.30. The Bertz CT molecular complexity index is 876. The number of nitrogens with one attached hydrogen (secondary N) is 2. The summed E-state index contributed by atoms with van der Waals surface area (Å²) in [6.45, 7) is 2.00. The average Bonchev–Trinajstić information content (AvgIpc) is 3.37. The van der Waals surface area contributed by atoms with Gasteiger partial charge in [-0.15, -0.1) is 0 Å². The quantitative estimate of drug-likeness (QED) is 0.817. The van der Waals surface area contributed by atoms with Crippen molar-refractivity contribution < 1.29 is 18.7 Å². The van der Waals surface area contributed by atoms with Crippen molar-refractivity contribution in [2.75, 3.05) is 19.7 Å². The number of halogens is 1. The number of amides is 2. The van der Waals surface area contributed by atoms with Crippen LogP contribution in [-0.4, -0.2) is 52.7 Å². The Morgan fingerprint density at radius 3 is 3.00 bits per heavy atom. The van der Waals surface area contributed by atoms with Gasteiger partial charge >= 0.3 is 0 Å². The predicted molar refractivity (Wildman–Crippen MR) is 99.1 cm³/mol. The van der Waals surface area contributed by atoms with Crippen molar-refractivity contribution >= 4 is 11.8 Å². The van der Waals surface area contributed by atoms with Gasteiger partial charge in [0.15, 0.2) is 5.69 Å². The first-order chi connectivity index (χ1) is 13.6. The molecule has 148 valence electrons. The van der Waals surface area contributed by atoms with Crippen LogP contribution >= 0.6 is 0 Å². The number of carbonyl (C=O) groups is 2. The molecule has 0 bridgehead atoms. The molecule has 1 atom stereocenters. The van der Waals surface area contributed by atoms with Crippen molar-refractivity contribution in [2.24, 2.45) is 0 Å². The van der Waals surface area contributed by atoms with E-state index in [9.17, 15) is 14.0 Å². The third-order valence-corrected chi connectivity index (χ3v) is 5.32. The smallest absolute Gasteiger partial charge is 0.272 e. The molecular weight excluding hydrogens is 363 g/mol. The first-order valence-corrected chi connectivity index (χ1v) is 9.59. The first-order valence-electron chi connectivity index (χ1n) is 9.59. The number of nitrogens with zero attached hydrogens (tertiary/aromatic N) is 2. The third-order valence-electron chi connectivity index (χ3n) is 5.32. The molecule has 2 amide bonds. The molecule has 2 N–H and O–H groups in total. The summed E-state index contributed by atoms with van der Waals surface area (Å²) >= 11 is 0. The molecule has 2 aromatic rings. The van der Waals surface area contributed by atoms with Crippen molar-refractivity contribution in [1.29, 1.82) is 0 Å². The lowest BCUT2D eigenvalue weighted by Gasteiger charge is -2.27. The van der Waals surface area contributed by atoms with Crippen molar-refractivity contribution in [2.45, 2.75) is 38.3 Å². The Morgan fingerprint density at radius 2 is 2.21 bits per heavy atom. The number of H-pyrrole nitrogens is 1. The van der Waals surface area contributed by atoms with Crippen molar-refractivity contribution in [1.82, 2.24) is 20.4 Å². The molecule has 4 rings (SSSR count). The van der Waals surface area contributed by atoms with E-state index in [2.05, 4.69) is 15.5 Å². The van der Waals surface area contributed by atoms with E-state index in [1.165, 1.54) is 6.07 Å². The molecule has 7 nitrogen and oxygen atoms in total. The first kappa shape index (κ1) is 18.6. The number of rotatable bonds is 5. The summed E-state index contributed by atoms with van der Waals surface area (Å²) < 4.78 is 19.4. The Kier molecular flexibility index (Phi) is 5.38. The zero-order valence-electron chi connectivity index (χ0n) is 15.5. The molecule has 1 saturated heterocycles. The molecule has 1 aromatic carbocycles. The van der Waals surface area contributed by atoms with Crippen LogP contribution in [0, 0.1) is 5.82 Å². The fraction of sp³-hybridized carbons (Fsp3) is 0.450. The summed E-state index contributed by atoms with van der Waals surface area (Å²) in [6.07, 6.45) is 2.59. The van der Waals surface area contributed by atoms with Crippen LogP contribution in [-0.2, 0) is 28.9 Å². The highest BCUT2D eigenvalue weighted by atomic mass is 19.1. The van der Waals surface area contributed by atoms with Gasteiger partial charge in [0.1, 0.15) is 5.82 Å². The van der Waals surface area contributed by atoms with Crippen LogP contribution in [0.25, 0.3) is 0 Å². The monoisotopic (exact) mass is 386 g/mol. The summed E-state index contributed by atoms with van der Waals surface area (Å²) in [4.78, 5) is 26.8. The minimum atomic E-state index is -0.383. The van der Waals surface area contributed by atoms with Gasteiger partial charge in [0, 0.05) is 43.9 Å². The van der Waals surface area contributed by atoms with Crippen molar-refractivity contribution in [3.8, 4) is 0 Å². The summed E-state index contributed by atoms with van der Waals surface area (Å²) in [5, 5.41) is 9.94. The van der Waals surface area contributed by atoms with E-state index in [1.54, 1.807) is 23.1 Å². The van der Waals surface area contributed by atoms with Crippen molar-refractivity contribution in [3.63, 3.8) is 0 Å². The van der Waals surface area contributed by atoms with Gasteiger partial charge in [-0.3, -0.25) is 14.7 Å². The number of fused-ring (bicyclic) bond motifs is 1. The van der Waals surface area contributed by atoms with Gasteiger partial charge in [-0.25, -0.2) is 4.39 Å². The molecule has 1 aromatic heterocycles. The summed E-state index contributed by atoms with van der Waals surface area (Å²) in [5.74, 6) is -0.815. The summed E-state index contributed by atoms with van der Waals surface area (Å²) in [6, 6.07) is 6.28. The lowest BCUT2D eigenvalue weighted by atomic mass is 10.0. The van der Waals surface area contributed by atoms with E-state index in [0.717, 1.165) is 30.7 Å². The van der Waals surface area contributed by atoms with Gasteiger partial charge in [0.25, 0.3) is 5.91 Å². The number of aromatic amines is 1. The molecule has 1 unspecified atom stereocenters. The van der Waals surface area contributed by atoms with E-state index in [4.69, 9.17) is 4.74 Å². The van der Waals surface area contributed by atoms with E-state index < -0.39 is 0 Å². The molecule has 0 aliphatic carbocycles. The fourth-order valence-electron chi connectivity index (χ4n) is 3.71. The normalized spacial score (nSPS) is 18.8. The largest absolute Gasteiger partial charge is 0.376 e. The Labute approximate surface area is 162 Å². The number of hydrogen-bond donors (Lipinski definition) is 2. The fourth-order valence-corrected chi connectivity index (χ4v) is 3.71. The zero-order valence-corrected chi connectivity index (χ0v) is 15.5. The molecule has 1 fully saturated rings. The van der Waals surface area contributed by atoms with Crippen LogP contribution in [0.2, 0.25) is 0 Å². The van der Waals surface area contributed by atoms with E-state index in [0.29, 0.717) is 37.3 Å². The highest BCUT2D eigenvalue weighted by Gasteiger charge is 2.28. The van der Waals surface area contributed by atoms with E-state index >= 15 is 0 Å². The second-order valence-electron chi connectivity index (χ2n) is 7.21. The molecule has 2 aliphatic rings. The van der Waals surface area contributed by atoms with Crippen LogP contribution in [0.4, 0.5) is 4.39 Å². The SMILES string of the molecule is O=C(NCC1CCCO1)c1n[nH]c2c1CN(C(=O)Cc1ccccc1F)CC2. The van der Waals surface area contributed by atoms with Crippen LogP contribution in [0.1, 0.15) is 40.2 Å². The van der Waals surface area contributed by atoms with Gasteiger partial charge in [0.05, 0.1) is 12.5 Å². The molecule has 0 radical (unpaired) electrons. The van der Waals surface area contributed by atoms with Gasteiger partial charge in [-0.2, -0.15) is 5.10 Å². The maximum absolute atomic E-state index is 13.8. The molecule has 3 heterocycles. The van der Waals surface area contributed by atoms with Gasteiger partial charge in [0.2, 0.25) is 5.91 Å². The average molecular weight is 386 g/mol. The zero-order chi connectivity index (χ0) is 19.5. The Morgan fingerprint density at radius 1 is 1.36 bits per heavy atom. The molecule has 0 spiro atoms. The molecule has 0 saturated carbocycles. The number of benzene rings is 1. The van der Waals surface area contributed by atoms with Crippen LogP contribution in [0.15, 0.2) is 24.3 Å². The maximum Gasteiger partial charge on any atom is 0.272 e. The highest BCUT2D eigenvalue weighted by Crippen LogP contribution is 2.22. The number of carbonyl (C=O) groups excluding carboxylic acids is 2. The molecule has 28 heavy (non-hydrogen) atoms. The number of ether oxygens (including phenoxy) is 1. The lowest BCUT2D eigenvalue weighted by molar-refractivity contribution is -0.131. The Balaban J connectivity index is 1.41. The van der Waals surface area contributed by atoms with E-state index in [-0.39, 0.29) is 30.2 Å². The maximum atomic E-state index is 13.8. The van der Waals surface area contributed by atoms with Crippen LogP contribution < -0.4 is 5.32 Å². The molecule has 8 heteroatoms. The van der Waals surface area contributed by atoms with Crippen molar-refractivity contribution in [3.05, 3.63) is 52.6 Å². The molecular formula is C20H23FN4O3. The van der Waals surface area contributed by atoms with Gasteiger partial charge in [-0.1, -0.05) is 18.2 Å². The second-order valence-corrected chi connectivity index (χ2v) is 7.21. The third kappa shape index (κ3) is 3.91. The molecule has 2 aliphatic heterocycles. The van der Waals surface area contributed by atoms with Gasteiger partial charge < -0.3 is 15.0 Å². The second kappa shape index (κ2) is 8.10. The van der Waals surface area contributed by atoms with E-state index in [1.807, 2.05) is 0 Å². The van der Waals surface area contributed by atoms with Crippen LogP contribution in [0.5, 0.6) is 0 Å². The standard InChI is InChI=1S/C20H23FN4O3/c21-16-6-2-1-4-13(16)10-18(26)25-8-7-17-15(12-25)19(24-23-17)20(27)22-11-14-5-3-9-28-14/h1-2,4,6,14H,3,5,7-12H2,(H,22,27)(H,23,24).